The number of benzene rings is 1. The summed E-state index contributed by atoms with van der Waals surface area (Å²) in [5.41, 5.74) is 0.545. The molecule has 0 unspecified atom stereocenters. The Morgan fingerprint density at radius 2 is 1.65 bits per heavy atom. The SMILES string of the molecule is CN(C(=O)c1ccc(S(=O)(=O)NC2CC2)cc1)C1CCCCC1. The zero-order valence-electron chi connectivity index (χ0n) is 13.5. The van der Waals surface area contributed by atoms with Gasteiger partial charge < -0.3 is 4.90 Å². The van der Waals surface area contributed by atoms with Crippen molar-refractivity contribution < 1.29 is 13.2 Å². The Bertz CT molecular complexity index is 660. The first-order chi connectivity index (χ1) is 11.0. The summed E-state index contributed by atoms with van der Waals surface area (Å²) in [6.07, 6.45) is 7.52. The van der Waals surface area contributed by atoms with Gasteiger partial charge in [-0.2, -0.15) is 0 Å². The molecule has 126 valence electrons. The first-order valence-electron chi connectivity index (χ1n) is 8.37. The fourth-order valence-electron chi connectivity index (χ4n) is 3.10. The molecule has 0 atom stereocenters. The van der Waals surface area contributed by atoms with Gasteiger partial charge in [0.1, 0.15) is 0 Å². The van der Waals surface area contributed by atoms with Gasteiger partial charge in [0.25, 0.3) is 5.91 Å². The van der Waals surface area contributed by atoms with E-state index in [1.807, 2.05) is 11.9 Å². The van der Waals surface area contributed by atoms with E-state index < -0.39 is 10.0 Å². The van der Waals surface area contributed by atoms with Crippen LogP contribution >= 0.6 is 0 Å². The highest BCUT2D eigenvalue weighted by Gasteiger charge is 2.28. The van der Waals surface area contributed by atoms with Gasteiger partial charge in [-0.05, 0) is 49.9 Å². The molecule has 0 heterocycles. The molecule has 2 saturated carbocycles. The topological polar surface area (TPSA) is 66.5 Å². The molecule has 1 N–H and O–H groups in total. The number of hydrogen-bond donors (Lipinski definition) is 1. The van der Waals surface area contributed by atoms with Gasteiger partial charge >= 0.3 is 0 Å². The summed E-state index contributed by atoms with van der Waals surface area (Å²) >= 11 is 0. The summed E-state index contributed by atoms with van der Waals surface area (Å²) in [7, 11) is -1.61. The highest BCUT2D eigenvalue weighted by molar-refractivity contribution is 7.89. The normalized spacial score (nSPS) is 19.5. The zero-order chi connectivity index (χ0) is 16.4. The average Bonchev–Trinajstić information content (AvgIpc) is 3.38. The number of rotatable bonds is 5. The van der Waals surface area contributed by atoms with Crippen molar-refractivity contribution in [1.29, 1.82) is 0 Å². The lowest BCUT2D eigenvalue weighted by Gasteiger charge is -2.31. The van der Waals surface area contributed by atoms with Crippen LogP contribution in [0.3, 0.4) is 0 Å². The van der Waals surface area contributed by atoms with Crippen molar-refractivity contribution in [3.8, 4) is 0 Å². The molecular weight excluding hydrogens is 312 g/mol. The molecule has 6 heteroatoms. The first-order valence-corrected chi connectivity index (χ1v) is 9.85. The van der Waals surface area contributed by atoms with Crippen LogP contribution in [0.25, 0.3) is 0 Å². The predicted octanol–water partition coefficient (Wildman–Crippen LogP) is 2.53. The molecule has 0 bridgehead atoms. The quantitative estimate of drug-likeness (QED) is 0.898. The summed E-state index contributed by atoms with van der Waals surface area (Å²) in [4.78, 5) is 14.6. The van der Waals surface area contributed by atoms with Crippen LogP contribution in [0.5, 0.6) is 0 Å². The highest BCUT2D eigenvalue weighted by Crippen LogP contribution is 2.24. The number of carbonyl (C=O) groups excluding carboxylic acids is 1. The summed E-state index contributed by atoms with van der Waals surface area (Å²) in [6, 6.07) is 6.65. The van der Waals surface area contributed by atoms with Crippen LogP contribution in [-0.4, -0.2) is 38.4 Å². The van der Waals surface area contributed by atoms with Crippen LogP contribution in [0.1, 0.15) is 55.3 Å². The molecular formula is C17H24N2O3S. The molecule has 5 nitrogen and oxygen atoms in total. The molecule has 1 aromatic carbocycles. The van der Waals surface area contributed by atoms with Crippen molar-refractivity contribution in [1.82, 2.24) is 9.62 Å². The van der Waals surface area contributed by atoms with Crippen molar-refractivity contribution in [2.24, 2.45) is 0 Å². The largest absolute Gasteiger partial charge is 0.339 e. The second-order valence-corrected chi connectivity index (χ2v) is 8.34. The Kier molecular flexibility index (Phi) is 4.73. The number of nitrogens with one attached hydrogen (secondary N) is 1. The Balaban J connectivity index is 1.69. The molecule has 3 rings (SSSR count). The van der Waals surface area contributed by atoms with E-state index in [1.165, 1.54) is 31.4 Å². The lowest BCUT2D eigenvalue weighted by Crippen LogP contribution is -2.38. The number of carbonyl (C=O) groups is 1. The molecule has 2 aliphatic rings. The molecule has 0 saturated heterocycles. The van der Waals surface area contributed by atoms with Crippen molar-refractivity contribution in [2.45, 2.75) is 61.9 Å². The van der Waals surface area contributed by atoms with E-state index in [1.54, 1.807) is 12.1 Å². The number of nitrogens with zero attached hydrogens (tertiary/aromatic N) is 1. The second kappa shape index (κ2) is 6.61. The number of amides is 1. The number of sulfonamides is 1. The van der Waals surface area contributed by atoms with Crippen LogP contribution in [0, 0.1) is 0 Å². The van der Waals surface area contributed by atoms with Crippen molar-refractivity contribution in [3.05, 3.63) is 29.8 Å². The maximum Gasteiger partial charge on any atom is 0.253 e. The summed E-state index contributed by atoms with van der Waals surface area (Å²) in [5, 5.41) is 0. The zero-order valence-corrected chi connectivity index (χ0v) is 14.3. The van der Waals surface area contributed by atoms with E-state index in [0.29, 0.717) is 11.6 Å². The lowest BCUT2D eigenvalue weighted by molar-refractivity contribution is 0.0696. The third-order valence-corrected chi connectivity index (χ3v) is 6.29. The third kappa shape index (κ3) is 3.93. The molecule has 1 aromatic rings. The van der Waals surface area contributed by atoms with E-state index in [2.05, 4.69) is 4.72 Å². The minimum absolute atomic E-state index is 0.0315. The summed E-state index contributed by atoms with van der Waals surface area (Å²) in [5.74, 6) is -0.0315. The van der Waals surface area contributed by atoms with Crippen LogP contribution < -0.4 is 4.72 Å². The molecule has 2 fully saturated rings. The van der Waals surface area contributed by atoms with Crippen LogP contribution in [0.2, 0.25) is 0 Å². The third-order valence-electron chi connectivity index (χ3n) is 4.75. The van der Waals surface area contributed by atoms with Crippen LogP contribution in [-0.2, 0) is 10.0 Å². The lowest BCUT2D eigenvalue weighted by atomic mass is 9.94. The highest BCUT2D eigenvalue weighted by atomic mass is 32.2. The van der Waals surface area contributed by atoms with Gasteiger partial charge in [-0.1, -0.05) is 19.3 Å². The van der Waals surface area contributed by atoms with Crippen molar-refractivity contribution >= 4 is 15.9 Å². The van der Waals surface area contributed by atoms with Gasteiger partial charge in [0.15, 0.2) is 0 Å². The van der Waals surface area contributed by atoms with E-state index in [4.69, 9.17) is 0 Å². The van der Waals surface area contributed by atoms with Gasteiger partial charge in [-0.25, -0.2) is 13.1 Å². The minimum Gasteiger partial charge on any atom is -0.339 e. The standard InChI is InChI=1S/C17H24N2O3S/c1-19(15-5-3-2-4-6-15)17(20)13-7-11-16(12-8-13)23(21,22)18-14-9-10-14/h7-8,11-12,14-15,18H,2-6,9-10H2,1H3. The Morgan fingerprint density at radius 1 is 1.04 bits per heavy atom. The summed E-state index contributed by atoms with van der Waals surface area (Å²) < 4.78 is 26.9. The van der Waals surface area contributed by atoms with Gasteiger partial charge in [-0.3, -0.25) is 4.79 Å². The van der Waals surface area contributed by atoms with Crippen molar-refractivity contribution in [3.63, 3.8) is 0 Å². The fourth-order valence-corrected chi connectivity index (χ4v) is 4.41. The van der Waals surface area contributed by atoms with Gasteiger partial charge in [0.05, 0.1) is 4.90 Å². The fraction of sp³-hybridized carbons (Fsp3) is 0.588. The molecule has 0 spiro atoms. The van der Waals surface area contributed by atoms with E-state index >= 15 is 0 Å². The second-order valence-electron chi connectivity index (χ2n) is 6.63. The van der Waals surface area contributed by atoms with Crippen LogP contribution in [0.15, 0.2) is 29.2 Å². The smallest absolute Gasteiger partial charge is 0.253 e. The Morgan fingerprint density at radius 3 is 2.22 bits per heavy atom. The molecule has 1 amide bonds. The molecule has 0 aromatic heterocycles. The monoisotopic (exact) mass is 336 g/mol. The minimum atomic E-state index is -3.46. The first kappa shape index (κ1) is 16.5. The maximum absolute atomic E-state index is 12.6. The van der Waals surface area contributed by atoms with Crippen LogP contribution in [0.4, 0.5) is 0 Å². The number of hydrogen-bond acceptors (Lipinski definition) is 3. The molecule has 2 aliphatic carbocycles. The van der Waals surface area contributed by atoms with Gasteiger partial charge in [0, 0.05) is 24.7 Å². The Hall–Kier alpha value is -1.40. The van der Waals surface area contributed by atoms with E-state index in [9.17, 15) is 13.2 Å². The molecule has 0 aliphatic heterocycles. The molecule has 23 heavy (non-hydrogen) atoms. The Labute approximate surface area is 138 Å². The average molecular weight is 336 g/mol. The van der Waals surface area contributed by atoms with E-state index in [-0.39, 0.29) is 16.8 Å². The maximum atomic E-state index is 12.6. The van der Waals surface area contributed by atoms with Gasteiger partial charge in [0.2, 0.25) is 10.0 Å². The predicted molar refractivity (Wildman–Crippen MR) is 88.8 cm³/mol. The van der Waals surface area contributed by atoms with E-state index in [0.717, 1.165) is 25.7 Å². The molecule has 0 radical (unpaired) electrons. The van der Waals surface area contributed by atoms with Crippen molar-refractivity contribution in [2.75, 3.05) is 7.05 Å². The summed E-state index contributed by atoms with van der Waals surface area (Å²) in [6.45, 7) is 0. The van der Waals surface area contributed by atoms with Gasteiger partial charge in [-0.15, -0.1) is 0 Å².